The molecule has 0 fully saturated rings. The van der Waals surface area contributed by atoms with E-state index in [9.17, 15) is 4.79 Å². The van der Waals surface area contributed by atoms with Crippen LogP contribution in [-0.2, 0) is 17.8 Å². The van der Waals surface area contributed by atoms with Crippen molar-refractivity contribution in [1.29, 1.82) is 0 Å². The van der Waals surface area contributed by atoms with Gasteiger partial charge in [-0.25, -0.2) is 0 Å². The zero-order valence-corrected chi connectivity index (χ0v) is 16.6. The number of halogens is 1. The summed E-state index contributed by atoms with van der Waals surface area (Å²) < 4.78 is 11.7. The first-order chi connectivity index (χ1) is 12.6. The van der Waals surface area contributed by atoms with E-state index in [-0.39, 0.29) is 5.91 Å². The Bertz CT molecular complexity index is 818. The summed E-state index contributed by atoms with van der Waals surface area (Å²) >= 11 is 3.62. The van der Waals surface area contributed by atoms with Crippen LogP contribution in [0.2, 0.25) is 0 Å². The lowest BCUT2D eigenvalue weighted by atomic mass is 9.98. The van der Waals surface area contributed by atoms with E-state index in [0.29, 0.717) is 24.5 Å². The highest BCUT2D eigenvalue weighted by molar-refractivity contribution is 9.10. The molecule has 0 aromatic heterocycles. The number of amides is 1. The van der Waals surface area contributed by atoms with Crippen molar-refractivity contribution in [2.24, 2.45) is 0 Å². The lowest BCUT2D eigenvalue weighted by Crippen LogP contribution is -2.29. The van der Waals surface area contributed by atoms with Crippen LogP contribution in [-0.4, -0.2) is 25.0 Å². The van der Waals surface area contributed by atoms with Crippen LogP contribution in [0.1, 0.15) is 24.0 Å². The third-order valence-corrected chi connectivity index (χ3v) is 5.22. The van der Waals surface area contributed by atoms with Crippen molar-refractivity contribution >= 4 is 21.8 Å². The molecule has 0 N–H and O–H groups in total. The first kappa shape index (κ1) is 18.5. The van der Waals surface area contributed by atoms with Gasteiger partial charge in [-0.1, -0.05) is 46.3 Å². The molecular weight excluding hydrogens is 394 g/mol. The number of methoxy groups -OCH3 is 2. The Kier molecular flexibility index (Phi) is 5.99. The molecule has 0 radical (unpaired) electrons. The van der Waals surface area contributed by atoms with Gasteiger partial charge in [-0.2, -0.15) is 0 Å². The molecule has 3 rings (SSSR count). The summed E-state index contributed by atoms with van der Waals surface area (Å²) in [4.78, 5) is 14.1. The van der Waals surface area contributed by atoms with Gasteiger partial charge in [0.25, 0.3) is 0 Å². The molecule has 5 heteroatoms. The van der Waals surface area contributed by atoms with Crippen molar-refractivity contribution in [3.8, 4) is 11.5 Å². The first-order valence-electron chi connectivity index (χ1n) is 8.54. The highest BCUT2D eigenvalue weighted by atomic mass is 79.9. The molecule has 0 atom stereocenters. The monoisotopic (exact) mass is 415 g/mol. The van der Waals surface area contributed by atoms with Crippen LogP contribution in [0.3, 0.4) is 0 Å². The van der Waals surface area contributed by atoms with Crippen molar-refractivity contribution in [2.45, 2.75) is 25.8 Å². The fraction of sp³-hybridized carbons (Fsp3) is 0.286. The Hall–Kier alpha value is -2.27. The zero-order chi connectivity index (χ0) is 18.5. The topological polar surface area (TPSA) is 38.8 Å². The lowest BCUT2D eigenvalue weighted by molar-refractivity contribution is -0.129. The first-order valence-corrected chi connectivity index (χ1v) is 9.33. The summed E-state index contributed by atoms with van der Waals surface area (Å²) in [5, 5.41) is 0. The lowest BCUT2D eigenvalue weighted by Gasteiger charge is -2.25. The summed E-state index contributed by atoms with van der Waals surface area (Å²) in [6, 6.07) is 14.0. The standard InChI is InChI=1S/C21H22BrNO3/c1-25-19-11-17(18(22)12-20(19)26-2)10-16-8-9-21(24)23(14-16)13-15-6-4-3-5-7-15/h3-7,11-12,14H,8-10,13H2,1-2H3. The quantitative estimate of drug-likeness (QED) is 0.685. The summed E-state index contributed by atoms with van der Waals surface area (Å²) in [7, 11) is 3.26. The second kappa shape index (κ2) is 8.41. The van der Waals surface area contributed by atoms with E-state index < -0.39 is 0 Å². The largest absolute Gasteiger partial charge is 0.493 e. The van der Waals surface area contributed by atoms with Crippen LogP contribution >= 0.6 is 15.9 Å². The summed E-state index contributed by atoms with van der Waals surface area (Å²) in [6.07, 6.45) is 4.09. The van der Waals surface area contributed by atoms with E-state index in [4.69, 9.17) is 9.47 Å². The zero-order valence-electron chi connectivity index (χ0n) is 15.0. The Morgan fingerprint density at radius 3 is 2.42 bits per heavy atom. The van der Waals surface area contributed by atoms with Gasteiger partial charge in [0, 0.05) is 17.1 Å². The minimum atomic E-state index is 0.170. The molecule has 136 valence electrons. The van der Waals surface area contributed by atoms with Gasteiger partial charge in [0.2, 0.25) is 5.91 Å². The van der Waals surface area contributed by atoms with Crippen molar-refractivity contribution in [3.63, 3.8) is 0 Å². The van der Waals surface area contributed by atoms with Gasteiger partial charge in [-0.15, -0.1) is 0 Å². The SMILES string of the molecule is COc1cc(Br)c(CC2=CN(Cc3ccccc3)C(=O)CC2)cc1OC. The number of ether oxygens (including phenoxy) is 2. The smallest absolute Gasteiger partial charge is 0.227 e. The van der Waals surface area contributed by atoms with Crippen LogP contribution in [0.4, 0.5) is 0 Å². The molecule has 0 bridgehead atoms. The molecule has 1 aliphatic heterocycles. The molecule has 0 unspecified atom stereocenters. The van der Waals surface area contributed by atoms with Crippen molar-refractivity contribution in [3.05, 3.63) is 69.8 Å². The number of carbonyl (C=O) groups is 1. The number of nitrogens with zero attached hydrogens (tertiary/aromatic N) is 1. The number of rotatable bonds is 6. The van der Waals surface area contributed by atoms with Crippen LogP contribution in [0.25, 0.3) is 0 Å². The number of hydrogen-bond donors (Lipinski definition) is 0. The maximum atomic E-state index is 12.3. The van der Waals surface area contributed by atoms with Crippen LogP contribution in [0, 0.1) is 0 Å². The summed E-state index contributed by atoms with van der Waals surface area (Å²) in [5.74, 6) is 1.57. The Morgan fingerprint density at radius 2 is 1.73 bits per heavy atom. The number of allylic oxidation sites excluding steroid dienone is 1. The van der Waals surface area contributed by atoms with E-state index in [2.05, 4.69) is 15.9 Å². The summed E-state index contributed by atoms with van der Waals surface area (Å²) in [6.45, 7) is 0.607. The van der Waals surface area contributed by atoms with E-state index >= 15 is 0 Å². The molecular formula is C21H22BrNO3. The molecule has 0 saturated heterocycles. The van der Waals surface area contributed by atoms with E-state index in [1.165, 1.54) is 5.57 Å². The van der Waals surface area contributed by atoms with Gasteiger partial charge in [-0.3, -0.25) is 4.79 Å². The van der Waals surface area contributed by atoms with Gasteiger partial charge >= 0.3 is 0 Å². The van der Waals surface area contributed by atoms with Gasteiger partial charge in [0.1, 0.15) is 0 Å². The molecule has 4 nitrogen and oxygen atoms in total. The second-order valence-corrected chi connectivity index (χ2v) is 7.12. The minimum absolute atomic E-state index is 0.170. The molecule has 1 amide bonds. The predicted molar refractivity (Wildman–Crippen MR) is 105 cm³/mol. The average Bonchev–Trinajstić information content (AvgIpc) is 2.66. The molecule has 2 aromatic carbocycles. The number of carbonyl (C=O) groups excluding carboxylic acids is 1. The van der Waals surface area contributed by atoms with E-state index in [1.807, 2.05) is 53.6 Å². The maximum Gasteiger partial charge on any atom is 0.227 e. The molecule has 2 aromatic rings. The number of hydrogen-bond acceptors (Lipinski definition) is 3. The Balaban J connectivity index is 1.80. The third kappa shape index (κ3) is 4.28. The predicted octanol–water partition coefficient (Wildman–Crippen LogP) is 4.72. The summed E-state index contributed by atoms with van der Waals surface area (Å²) in [5.41, 5.74) is 3.47. The highest BCUT2D eigenvalue weighted by Gasteiger charge is 2.20. The molecule has 1 heterocycles. The molecule has 0 saturated carbocycles. The van der Waals surface area contributed by atoms with Gasteiger partial charge in [0.15, 0.2) is 11.5 Å². The van der Waals surface area contributed by atoms with Crippen LogP contribution in [0.15, 0.2) is 58.7 Å². The van der Waals surface area contributed by atoms with Crippen molar-refractivity contribution in [2.75, 3.05) is 14.2 Å². The van der Waals surface area contributed by atoms with Crippen molar-refractivity contribution in [1.82, 2.24) is 4.90 Å². The van der Waals surface area contributed by atoms with Crippen LogP contribution in [0.5, 0.6) is 11.5 Å². The minimum Gasteiger partial charge on any atom is -0.493 e. The molecule has 0 aliphatic carbocycles. The fourth-order valence-corrected chi connectivity index (χ4v) is 3.55. The highest BCUT2D eigenvalue weighted by Crippen LogP contribution is 2.35. The maximum absolute atomic E-state index is 12.3. The normalized spacial score (nSPS) is 14.2. The van der Waals surface area contributed by atoms with Gasteiger partial charge in [0.05, 0.1) is 20.8 Å². The Labute approximate surface area is 162 Å². The van der Waals surface area contributed by atoms with E-state index in [1.54, 1.807) is 14.2 Å². The van der Waals surface area contributed by atoms with Gasteiger partial charge < -0.3 is 14.4 Å². The number of benzene rings is 2. The second-order valence-electron chi connectivity index (χ2n) is 6.27. The van der Waals surface area contributed by atoms with E-state index in [0.717, 1.165) is 28.4 Å². The van der Waals surface area contributed by atoms with Crippen molar-refractivity contribution < 1.29 is 14.3 Å². The van der Waals surface area contributed by atoms with Gasteiger partial charge in [-0.05, 0) is 41.7 Å². The molecule has 26 heavy (non-hydrogen) atoms. The van der Waals surface area contributed by atoms with Crippen LogP contribution < -0.4 is 9.47 Å². The molecule has 0 spiro atoms. The average molecular weight is 416 g/mol. The fourth-order valence-electron chi connectivity index (χ4n) is 3.09. The third-order valence-electron chi connectivity index (χ3n) is 4.48. The Morgan fingerprint density at radius 1 is 1.04 bits per heavy atom. The molecule has 1 aliphatic rings.